The molecule has 4 heterocycles. The van der Waals surface area contributed by atoms with Gasteiger partial charge in [-0.15, -0.1) is 0 Å². The Kier molecular flexibility index (Phi) is 4.08. The number of hydrogen-bond acceptors (Lipinski definition) is 6. The number of anilines is 1. The number of amides is 1. The second-order valence-corrected chi connectivity index (χ2v) is 6.56. The summed E-state index contributed by atoms with van der Waals surface area (Å²) >= 11 is 0. The van der Waals surface area contributed by atoms with Crippen molar-refractivity contribution in [2.45, 2.75) is 30.9 Å². The van der Waals surface area contributed by atoms with Crippen LogP contribution in [0.15, 0.2) is 24.9 Å². The van der Waals surface area contributed by atoms with E-state index in [2.05, 4.69) is 25.3 Å². The highest BCUT2D eigenvalue weighted by Crippen LogP contribution is 2.35. The zero-order valence-electron chi connectivity index (χ0n) is 13.6. The summed E-state index contributed by atoms with van der Waals surface area (Å²) in [5.74, 6) is -0.142. The molecule has 9 heteroatoms. The number of H-pyrrole nitrogens is 1. The summed E-state index contributed by atoms with van der Waals surface area (Å²) in [6.45, 7) is 1.77. The molecule has 2 fully saturated rings. The maximum absolute atomic E-state index is 12.9. The lowest BCUT2D eigenvalue weighted by atomic mass is 9.88. The predicted molar refractivity (Wildman–Crippen MR) is 86.4 cm³/mol. The minimum absolute atomic E-state index is 0.0349. The maximum atomic E-state index is 12.9. The number of ether oxygens (including phenoxy) is 1. The topological polar surface area (TPSA) is 96.0 Å². The average Bonchev–Trinajstić information content (AvgIpc) is 3.27. The molecule has 2 aromatic heterocycles. The lowest BCUT2D eigenvalue weighted by molar-refractivity contribution is -0.0448. The van der Waals surface area contributed by atoms with Gasteiger partial charge in [-0.05, 0) is 12.8 Å². The first kappa shape index (κ1) is 15.9. The Morgan fingerprint density at radius 3 is 3.00 bits per heavy atom. The summed E-state index contributed by atoms with van der Waals surface area (Å²) in [6.07, 6.45) is 7.85. The fraction of sp³-hybridized carbons (Fsp3) is 0.500. The van der Waals surface area contributed by atoms with Gasteiger partial charge in [-0.2, -0.15) is 0 Å². The van der Waals surface area contributed by atoms with Gasteiger partial charge in [0.25, 0.3) is 5.91 Å². The first-order valence-electron chi connectivity index (χ1n) is 8.29. The van der Waals surface area contributed by atoms with Crippen LogP contribution in [0.4, 0.5) is 10.3 Å². The molecule has 2 saturated heterocycles. The largest absolute Gasteiger partial charge is 0.371 e. The molecule has 1 spiro atoms. The highest BCUT2D eigenvalue weighted by Gasteiger charge is 2.44. The second-order valence-electron chi connectivity index (χ2n) is 6.56. The van der Waals surface area contributed by atoms with Crippen molar-refractivity contribution in [3.8, 4) is 0 Å². The Morgan fingerprint density at radius 2 is 2.24 bits per heavy atom. The molecular formula is C16H19FN6O2. The number of imidazole rings is 1. The average molecular weight is 346 g/mol. The van der Waals surface area contributed by atoms with Crippen LogP contribution in [0, 0.1) is 5.82 Å². The molecule has 4 rings (SSSR count). The van der Waals surface area contributed by atoms with Gasteiger partial charge in [0.05, 0.1) is 49.7 Å². The fourth-order valence-corrected chi connectivity index (χ4v) is 3.61. The first-order valence-corrected chi connectivity index (χ1v) is 8.29. The Bertz CT molecular complexity index is 738. The molecule has 2 N–H and O–H groups in total. The Morgan fingerprint density at radius 1 is 1.40 bits per heavy atom. The van der Waals surface area contributed by atoms with Crippen LogP contribution in [0.3, 0.4) is 0 Å². The number of rotatable bonds is 3. The van der Waals surface area contributed by atoms with Crippen molar-refractivity contribution >= 4 is 11.9 Å². The number of carbonyl (C=O) groups is 1. The highest BCUT2D eigenvalue weighted by atomic mass is 19.1. The van der Waals surface area contributed by atoms with Gasteiger partial charge in [-0.3, -0.25) is 4.79 Å². The third kappa shape index (κ3) is 3.32. The Hall–Kier alpha value is -2.55. The molecule has 25 heavy (non-hydrogen) atoms. The zero-order valence-corrected chi connectivity index (χ0v) is 13.6. The van der Waals surface area contributed by atoms with Gasteiger partial charge in [0.1, 0.15) is 5.69 Å². The molecule has 132 valence electrons. The number of nitrogens with one attached hydrogen (secondary N) is 2. The number of aromatic amines is 1. The monoisotopic (exact) mass is 346 g/mol. The predicted octanol–water partition coefficient (Wildman–Crippen LogP) is 1.21. The molecule has 0 bridgehead atoms. The molecular weight excluding hydrogens is 327 g/mol. The quantitative estimate of drug-likeness (QED) is 0.867. The fourth-order valence-electron chi connectivity index (χ4n) is 3.61. The molecule has 0 aliphatic carbocycles. The van der Waals surface area contributed by atoms with Crippen LogP contribution in [-0.2, 0) is 4.74 Å². The molecule has 0 aromatic carbocycles. The van der Waals surface area contributed by atoms with E-state index in [1.807, 2.05) is 4.90 Å². The van der Waals surface area contributed by atoms with Crippen LogP contribution in [-0.4, -0.2) is 62.1 Å². The summed E-state index contributed by atoms with van der Waals surface area (Å²) in [6, 6.07) is 0.0349. The molecule has 0 saturated carbocycles. The molecule has 2 aliphatic rings. The SMILES string of the molecule is O=C(c1cnc[nH]1)N1CCCC2(CC(Nc3ncc(F)cn3)CO2)C1. The van der Waals surface area contributed by atoms with Crippen LogP contribution in [0.25, 0.3) is 0 Å². The number of likely N-dealkylation sites (tertiary alicyclic amines) is 1. The summed E-state index contributed by atoms with van der Waals surface area (Å²) in [5, 5.41) is 3.18. The molecule has 2 aliphatic heterocycles. The third-order valence-corrected chi connectivity index (χ3v) is 4.72. The highest BCUT2D eigenvalue weighted by molar-refractivity contribution is 5.92. The van der Waals surface area contributed by atoms with E-state index >= 15 is 0 Å². The van der Waals surface area contributed by atoms with Crippen molar-refractivity contribution in [1.82, 2.24) is 24.8 Å². The molecule has 2 unspecified atom stereocenters. The van der Waals surface area contributed by atoms with E-state index in [0.717, 1.165) is 31.7 Å². The molecule has 2 atom stereocenters. The van der Waals surface area contributed by atoms with Crippen LogP contribution in [0.2, 0.25) is 0 Å². The van der Waals surface area contributed by atoms with E-state index in [-0.39, 0.29) is 17.6 Å². The van der Waals surface area contributed by atoms with Crippen LogP contribution in [0.1, 0.15) is 29.8 Å². The zero-order chi connectivity index (χ0) is 17.3. The lowest BCUT2D eigenvalue weighted by Gasteiger charge is -2.39. The third-order valence-electron chi connectivity index (χ3n) is 4.72. The van der Waals surface area contributed by atoms with E-state index < -0.39 is 5.82 Å². The number of halogens is 1. The number of piperidine rings is 1. The van der Waals surface area contributed by atoms with Crippen molar-refractivity contribution in [2.24, 2.45) is 0 Å². The van der Waals surface area contributed by atoms with E-state index in [9.17, 15) is 9.18 Å². The van der Waals surface area contributed by atoms with Gasteiger partial charge in [0, 0.05) is 13.0 Å². The molecule has 2 aromatic rings. The Balaban J connectivity index is 1.40. The van der Waals surface area contributed by atoms with Crippen molar-refractivity contribution in [2.75, 3.05) is 25.0 Å². The number of hydrogen-bond donors (Lipinski definition) is 2. The first-order chi connectivity index (χ1) is 12.1. The van der Waals surface area contributed by atoms with Crippen molar-refractivity contribution < 1.29 is 13.9 Å². The van der Waals surface area contributed by atoms with Gasteiger partial charge in [-0.1, -0.05) is 0 Å². The van der Waals surface area contributed by atoms with E-state index in [1.165, 1.54) is 12.5 Å². The van der Waals surface area contributed by atoms with Gasteiger partial charge in [-0.25, -0.2) is 19.3 Å². The minimum atomic E-state index is -0.468. The van der Waals surface area contributed by atoms with Crippen molar-refractivity contribution in [3.05, 3.63) is 36.4 Å². The Labute approximate surface area is 143 Å². The van der Waals surface area contributed by atoms with Crippen molar-refractivity contribution in [3.63, 3.8) is 0 Å². The normalized spacial score (nSPS) is 26.1. The summed E-state index contributed by atoms with van der Waals surface area (Å²) in [5.41, 5.74) is 0.135. The van der Waals surface area contributed by atoms with E-state index in [1.54, 1.807) is 0 Å². The van der Waals surface area contributed by atoms with Crippen molar-refractivity contribution in [1.29, 1.82) is 0 Å². The van der Waals surface area contributed by atoms with Gasteiger partial charge < -0.3 is 19.9 Å². The smallest absolute Gasteiger partial charge is 0.272 e. The van der Waals surface area contributed by atoms with E-state index in [4.69, 9.17) is 4.74 Å². The van der Waals surface area contributed by atoms with Crippen LogP contribution >= 0.6 is 0 Å². The van der Waals surface area contributed by atoms with Gasteiger partial charge in [0.2, 0.25) is 5.95 Å². The van der Waals surface area contributed by atoms with Gasteiger partial charge >= 0.3 is 0 Å². The maximum Gasteiger partial charge on any atom is 0.272 e. The molecule has 8 nitrogen and oxygen atoms in total. The number of nitrogens with zero attached hydrogens (tertiary/aromatic N) is 4. The number of carbonyl (C=O) groups excluding carboxylic acids is 1. The summed E-state index contributed by atoms with van der Waals surface area (Å²) in [7, 11) is 0. The molecule has 1 amide bonds. The number of aromatic nitrogens is 4. The lowest BCUT2D eigenvalue weighted by Crippen LogP contribution is -2.50. The van der Waals surface area contributed by atoms with Gasteiger partial charge in [0.15, 0.2) is 5.82 Å². The second kappa shape index (κ2) is 6.40. The van der Waals surface area contributed by atoms with Crippen LogP contribution in [0.5, 0.6) is 0 Å². The summed E-state index contributed by atoms with van der Waals surface area (Å²) in [4.78, 5) is 29.0. The standard InChI is InChI=1S/C16H19FN6O2/c17-11-5-19-15(20-6-11)22-12-4-16(25-8-12)2-1-3-23(9-16)14(24)13-7-18-10-21-13/h5-7,10,12H,1-4,8-9H2,(H,18,21)(H,19,20,22). The van der Waals surface area contributed by atoms with Crippen LogP contribution < -0.4 is 5.32 Å². The minimum Gasteiger partial charge on any atom is -0.371 e. The molecule has 0 radical (unpaired) electrons. The van der Waals surface area contributed by atoms with E-state index in [0.29, 0.717) is 31.3 Å². The summed E-state index contributed by atoms with van der Waals surface area (Å²) < 4.78 is 19.0.